The largest absolute Gasteiger partial charge is 0.573 e. The van der Waals surface area contributed by atoms with Crippen LogP contribution in [0.15, 0.2) is 48.9 Å². The lowest BCUT2D eigenvalue weighted by Crippen LogP contribution is -2.51. The summed E-state index contributed by atoms with van der Waals surface area (Å²) in [5.41, 5.74) is 7.30. The number of carbonyl (C=O) groups is 2. The highest BCUT2D eigenvalue weighted by Gasteiger charge is 2.39. The van der Waals surface area contributed by atoms with Crippen LogP contribution in [-0.2, 0) is 0 Å². The van der Waals surface area contributed by atoms with E-state index in [0.717, 1.165) is 12.1 Å². The van der Waals surface area contributed by atoms with Gasteiger partial charge in [0.05, 0.1) is 17.8 Å². The van der Waals surface area contributed by atoms with Crippen LogP contribution in [0.25, 0.3) is 11.1 Å². The van der Waals surface area contributed by atoms with E-state index in [4.69, 9.17) is 5.73 Å². The summed E-state index contributed by atoms with van der Waals surface area (Å²) < 4.78 is 42.8. The molecule has 0 aliphatic carbocycles. The van der Waals surface area contributed by atoms with Gasteiger partial charge in [-0.15, -0.1) is 13.2 Å². The molecule has 2 atom stereocenters. The number of hydrogen-bond donors (Lipinski definition) is 3. The topological polar surface area (TPSA) is 136 Å². The molecule has 0 bridgehead atoms. The number of halogens is 3. The summed E-state index contributed by atoms with van der Waals surface area (Å²) in [5.74, 6) is -1.02. The Hall–Kier alpha value is -4.29. The summed E-state index contributed by atoms with van der Waals surface area (Å²) in [6.45, 7) is 6.44. The van der Waals surface area contributed by atoms with E-state index >= 15 is 0 Å². The lowest BCUT2D eigenvalue weighted by Gasteiger charge is -2.44. The molecule has 1 saturated heterocycles. The number of nitrogens with two attached hydrogens (primary N) is 1. The Morgan fingerprint density at radius 1 is 1.13 bits per heavy atom. The van der Waals surface area contributed by atoms with Gasteiger partial charge in [-0.2, -0.15) is 5.10 Å². The van der Waals surface area contributed by atoms with Crippen molar-refractivity contribution in [3.63, 3.8) is 0 Å². The van der Waals surface area contributed by atoms with Gasteiger partial charge in [0.15, 0.2) is 0 Å². The second kappa shape index (κ2) is 10.5. The number of carbonyl (C=O) groups excluding carboxylic acids is 1. The van der Waals surface area contributed by atoms with Crippen molar-refractivity contribution in [2.24, 2.45) is 5.41 Å². The highest BCUT2D eigenvalue weighted by molar-refractivity contribution is 6.07. The number of nitrogen functional groups attached to an aromatic ring is 1. The fraction of sp³-hybridized carbons (Fsp3) is 0.385. The molecule has 0 saturated carbocycles. The number of anilines is 2. The van der Waals surface area contributed by atoms with Crippen molar-refractivity contribution < 1.29 is 32.6 Å². The van der Waals surface area contributed by atoms with Crippen LogP contribution < -0.4 is 15.8 Å². The number of aromatic nitrogens is 3. The maximum Gasteiger partial charge on any atom is 0.573 e. The maximum atomic E-state index is 12.9. The van der Waals surface area contributed by atoms with Gasteiger partial charge in [-0.1, -0.05) is 20.8 Å². The predicted molar refractivity (Wildman–Crippen MR) is 137 cm³/mol. The highest BCUT2D eigenvalue weighted by atomic mass is 19.4. The van der Waals surface area contributed by atoms with Crippen LogP contribution in [0.4, 0.5) is 29.5 Å². The van der Waals surface area contributed by atoms with E-state index < -0.39 is 24.1 Å². The minimum atomic E-state index is -4.82. The van der Waals surface area contributed by atoms with E-state index in [9.17, 15) is 27.9 Å². The monoisotopic (exact) mass is 546 g/mol. The molecule has 4 N–H and O–H groups in total. The van der Waals surface area contributed by atoms with Crippen LogP contribution in [0.5, 0.6) is 5.75 Å². The number of rotatable bonds is 5. The summed E-state index contributed by atoms with van der Waals surface area (Å²) in [7, 11) is 0. The van der Waals surface area contributed by atoms with Gasteiger partial charge in [0.1, 0.15) is 11.6 Å². The number of nitrogens with zero attached hydrogens (tertiary/aromatic N) is 4. The fourth-order valence-corrected chi connectivity index (χ4v) is 4.68. The highest BCUT2D eigenvalue weighted by Crippen LogP contribution is 2.37. The molecule has 1 aliphatic rings. The van der Waals surface area contributed by atoms with Gasteiger partial charge in [0.2, 0.25) is 0 Å². The third-order valence-electron chi connectivity index (χ3n) is 6.64. The second-order valence-corrected chi connectivity index (χ2v) is 10.4. The van der Waals surface area contributed by atoms with Gasteiger partial charge >= 0.3 is 12.5 Å². The first-order chi connectivity index (χ1) is 18.2. The molecule has 0 radical (unpaired) electrons. The van der Waals surface area contributed by atoms with E-state index in [1.54, 1.807) is 12.3 Å². The Labute approximate surface area is 222 Å². The van der Waals surface area contributed by atoms with Crippen LogP contribution in [0.2, 0.25) is 0 Å². The molecule has 4 rings (SSSR count). The quantitative estimate of drug-likeness (QED) is 0.389. The molecule has 1 aliphatic heterocycles. The van der Waals surface area contributed by atoms with Crippen LogP contribution in [-0.4, -0.2) is 55.7 Å². The summed E-state index contributed by atoms with van der Waals surface area (Å²) >= 11 is 0. The zero-order valence-corrected chi connectivity index (χ0v) is 21.6. The Balaban J connectivity index is 1.49. The molecule has 2 unspecified atom stereocenters. The zero-order valence-electron chi connectivity index (χ0n) is 21.6. The van der Waals surface area contributed by atoms with Crippen LogP contribution in [0.1, 0.15) is 50.0 Å². The van der Waals surface area contributed by atoms with Crippen molar-refractivity contribution in [1.82, 2.24) is 19.7 Å². The number of benzene rings is 1. The number of carboxylic acid groups (broad SMARTS) is 1. The van der Waals surface area contributed by atoms with Gasteiger partial charge in [-0.3, -0.25) is 9.48 Å². The van der Waals surface area contributed by atoms with Gasteiger partial charge in [-0.05, 0) is 48.6 Å². The van der Waals surface area contributed by atoms with Crippen molar-refractivity contribution >= 4 is 23.5 Å². The van der Waals surface area contributed by atoms with Crippen molar-refractivity contribution in [2.75, 3.05) is 17.6 Å². The average molecular weight is 547 g/mol. The summed E-state index contributed by atoms with van der Waals surface area (Å²) in [4.78, 5) is 30.3. The number of alkyl halides is 3. The first-order valence-electron chi connectivity index (χ1n) is 12.2. The van der Waals surface area contributed by atoms with Crippen molar-refractivity contribution in [1.29, 1.82) is 0 Å². The first kappa shape index (κ1) is 27.7. The molecule has 208 valence electrons. The number of likely N-dealkylation sites (tertiary alicyclic amines) is 1. The van der Waals surface area contributed by atoms with E-state index in [2.05, 4.69) is 20.1 Å². The Kier molecular flexibility index (Phi) is 7.44. The molecule has 2 amide bonds. The SMILES string of the molecule is CC(C)(C)C1CC(n2cc(-c3cnc(N)c(C(=O)Nc4ccc(OC(F)(F)F)cc4)c3)cn2)CCN1C(=O)O. The minimum Gasteiger partial charge on any atom is -0.465 e. The summed E-state index contributed by atoms with van der Waals surface area (Å²) in [6, 6.07) is 6.09. The van der Waals surface area contributed by atoms with Gasteiger partial charge < -0.3 is 25.8 Å². The van der Waals surface area contributed by atoms with Crippen LogP contribution in [0.3, 0.4) is 0 Å². The normalized spacial score (nSPS) is 18.1. The molecule has 0 spiro atoms. The molecule has 3 heterocycles. The average Bonchev–Trinajstić information content (AvgIpc) is 3.34. The number of amides is 2. The lowest BCUT2D eigenvalue weighted by atomic mass is 9.79. The molecule has 10 nitrogen and oxygen atoms in total. The Bertz CT molecular complexity index is 1350. The third kappa shape index (κ3) is 6.59. The van der Waals surface area contributed by atoms with Crippen LogP contribution >= 0.6 is 0 Å². The fourth-order valence-electron chi connectivity index (χ4n) is 4.68. The maximum absolute atomic E-state index is 12.9. The standard InChI is InChI=1S/C26H29F3N6O4/c1-25(2,3)21-11-18(8-9-34(21)24(37)38)35-14-16(13-32-35)15-10-20(22(30)31-12-15)23(36)33-17-4-6-19(7-5-17)39-26(27,28)29/h4-7,10,12-14,18,21H,8-9,11H2,1-3H3,(H2,30,31)(H,33,36)(H,37,38). The van der Waals surface area contributed by atoms with E-state index in [1.165, 1.54) is 23.2 Å². The molecular formula is C26H29F3N6O4. The van der Waals surface area contributed by atoms with Gasteiger partial charge in [0, 0.05) is 41.8 Å². The Morgan fingerprint density at radius 3 is 2.44 bits per heavy atom. The van der Waals surface area contributed by atoms with Crippen molar-refractivity contribution in [2.45, 2.75) is 52.1 Å². The van der Waals surface area contributed by atoms with E-state index in [0.29, 0.717) is 30.5 Å². The Morgan fingerprint density at radius 2 is 1.82 bits per heavy atom. The van der Waals surface area contributed by atoms with E-state index in [1.807, 2.05) is 31.6 Å². The number of nitrogens with one attached hydrogen (secondary N) is 1. The zero-order chi connectivity index (χ0) is 28.5. The number of piperidine rings is 1. The molecule has 1 aromatic carbocycles. The van der Waals surface area contributed by atoms with Gasteiger partial charge in [-0.25, -0.2) is 9.78 Å². The molecule has 13 heteroatoms. The number of pyridine rings is 1. The summed E-state index contributed by atoms with van der Waals surface area (Å²) in [5, 5.41) is 16.7. The third-order valence-corrected chi connectivity index (χ3v) is 6.64. The molecule has 2 aromatic heterocycles. The number of ether oxygens (including phenoxy) is 1. The second-order valence-electron chi connectivity index (χ2n) is 10.4. The lowest BCUT2D eigenvalue weighted by molar-refractivity contribution is -0.274. The molecular weight excluding hydrogens is 517 g/mol. The number of hydrogen-bond acceptors (Lipinski definition) is 6. The smallest absolute Gasteiger partial charge is 0.465 e. The first-order valence-corrected chi connectivity index (χ1v) is 12.2. The predicted octanol–water partition coefficient (Wildman–Crippen LogP) is 5.41. The molecule has 1 fully saturated rings. The van der Waals surface area contributed by atoms with Crippen molar-refractivity contribution in [3.8, 4) is 16.9 Å². The van der Waals surface area contributed by atoms with E-state index in [-0.39, 0.29) is 34.6 Å². The molecule has 3 aromatic rings. The van der Waals surface area contributed by atoms with Crippen molar-refractivity contribution in [3.05, 3.63) is 54.5 Å². The molecule has 39 heavy (non-hydrogen) atoms. The summed E-state index contributed by atoms with van der Waals surface area (Å²) in [6.07, 6.45) is 0.459. The minimum absolute atomic E-state index is 0.00705. The van der Waals surface area contributed by atoms with Crippen LogP contribution in [0, 0.1) is 5.41 Å². The van der Waals surface area contributed by atoms with Gasteiger partial charge in [0.25, 0.3) is 5.91 Å².